The van der Waals surface area contributed by atoms with E-state index in [-0.39, 0.29) is 5.69 Å². The lowest BCUT2D eigenvalue weighted by Gasteiger charge is -2.15. The molecule has 0 saturated carbocycles. The number of aromatic nitrogens is 2. The predicted octanol–water partition coefficient (Wildman–Crippen LogP) is 5.75. The zero-order valence-electron chi connectivity index (χ0n) is 13.5. The molecule has 150 valence electrons. The Morgan fingerprint density at radius 1 is 1.21 bits per heavy atom. The molecule has 0 bridgehead atoms. The van der Waals surface area contributed by atoms with Gasteiger partial charge in [-0.25, -0.2) is 4.68 Å². The minimum absolute atomic E-state index is 0.339. The summed E-state index contributed by atoms with van der Waals surface area (Å²) in [5.74, 6) is -0.395. The van der Waals surface area contributed by atoms with E-state index >= 15 is 0 Å². The SMILES string of the molecule is CN=CNc1c(SC(F)(F)F)c(C#N)nn1-c1c(Cl)cc(C(F)(F)F)cc1Cl. The van der Waals surface area contributed by atoms with Crippen molar-refractivity contribution in [1.82, 2.24) is 9.78 Å². The molecule has 0 unspecified atom stereocenters. The number of nitriles is 1. The Kier molecular flexibility index (Phi) is 6.42. The predicted molar refractivity (Wildman–Crippen MR) is 93.3 cm³/mol. The maximum atomic E-state index is 12.9. The van der Waals surface area contributed by atoms with Crippen molar-refractivity contribution >= 4 is 47.1 Å². The van der Waals surface area contributed by atoms with E-state index < -0.39 is 55.5 Å². The van der Waals surface area contributed by atoms with Crippen LogP contribution in [0.5, 0.6) is 0 Å². The fraction of sp³-hybridized carbons (Fsp3) is 0.214. The first-order valence-corrected chi connectivity index (χ1v) is 8.49. The van der Waals surface area contributed by atoms with E-state index in [4.69, 9.17) is 28.5 Å². The molecule has 5 nitrogen and oxygen atoms in total. The van der Waals surface area contributed by atoms with Crippen molar-refractivity contribution in [2.24, 2.45) is 4.99 Å². The van der Waals surface area contributed by atoms with Gasteiger partial charge in [-0.2, -0.15) is 36.7 Å². The fourth-order valence-electron chi connectivity index (χ4n) is 2.03. The van der Waals surface area contributed by atoms with Crippen molar-refractivity contribution in [2.75, 3.05) is 12.4 Å². The van der Waals surface area contributed by atoms with Crippen LogP contribution in [0.15, 0.2) is 22.0 Å². The second kappa shape index (κ2) is 8.10. The van der Waals surface area contributed by atoms with Crippen LogP contribution in [0.1, 0.15) is 11.3 Å². The van der Waals surface area contributed by atoms with E-state index in [2.05, 4.69) is 15.4 Å². The highest BCUT2D eigenvalue weighted by Crippen LogP contribution is 2.45. The fourth-order valence-corrected chi connectivity index (χ4v) is 3.34. The molecule has 0 amide bonds. The third-order valence-electron chi connectivity index (χ3n) is 3.05. The quantitative estimate of drug-likeness (QED) is 0.272. The van der Waals surface area contributed by atoms with Crippen LogP contribution >= 0.6 is 35.0 Å². The van der Waals surface area contributed by atoms with Crippen LogP contribution in [0.4, 0.5) is 32.2 Å². The molecule has 0 radical (unpaired) electrons. The van der Waals surface area contributed by atoms with Gasteiger partial charge in [0, 0.05) is 7.05 Å². The topological polar surface area (TPSA) is 66.0 Å². The Bertz CT molecular complexity index is 938. The van der Waals surface area contributed by atoms with Crippen LogP contribution in [0.3, 0.4) is 0 Å². The van der Waals surface area contributed by atoms with Gasteiger partial charge >= 0.3 is 11.7 Å². The molecule has 28 heavy (non-hydrogen) atoms. The molecule has 0 fully saturated rings. The number of hydrogen-bond acceptors (Lipinski definition) is 4. The molecule has 0 aliphatic rings. The zero-order valence-corrected chi connectivity index (χ0v) is 15.8. The van der Waals surface area contributed by atoms with Gasteiger partial charge in [-0.3, -0.25) is 4.99 Å². The van der Waals surface area contributed by atoms with Gasteiger partial charge in [0.05, 0.1) is 26.8 Å². The van der Waals surface area contributed by atoms with E-state index in [1.807, 2.05) is 0 Å². The molecule has 0 aliphatic heterocycles. The zero-order chi connectivity index (χ0) is 21.3. The second-order valence-corrected chi connectivity index (χ2v) is 6.81. The van der Waals surface area contributed by atoms with Gasteiger partial charge in [-0.05, 0) is 23.9 Å². The van der Waals surface area contributed by atoms with Crippen LogP contribution in [0, 0.1) is 11.3 Å². The first-order valence-electron chi connectivity index (χ1n) is 6.91. The Balaban J connectivity index is 2.77. The molecule has 2 aromatic rings. The van der Waals surface area contributed by atoms with Gasteiger partial charge < -0.3 is 5.32 Å². The highest BCUT2D eigenvalue weighted by atomic mass is 35.5. The Morgan fingerprint density at radius 2 is 1.79 bits per heavy atom. The Morgan fingerprint density at radius 3 is 2.21 bits per heavy atom. The van der Waals surface area contributed by atoms with E-state index in [1.165, 1.54) is 13.1 Å². The van der Waals surface area contributed by atoms with E-state index in [0.717, 1.165) is 11.0 Å². The molecular weight excluding hydrogens is 455 g/mol. The third kappa shape index (κ3) is 4.84. The first-order chi connectivity index (χ1) is 12.9. The molecule has 1 aromatic carbocycles. The molecule has 0 atom stereocenters. The van der Waals surface area contributed by atoms with Crippen LogP contribution in [0.2, 0.25) is 10.0 Å². The van der Waals surface area contributed by atoms with Crippen molar-refractivity contribution < 1.29 is 26.3 Å². The molecule has 1 heterocycles. The van der Waals surface area contributed by atoms with Gasteiger partial charge in [-0.15, -0.1) is 0 Å². The number of halogens is 8. The molecule has 0 aliphatic carbocycles. The monoisotopic (exact) mass is 461 g/mol. The summed E-state index contributed by atoms with van der Waals surface area (Å²) in [6.45, 7) is 0. The molecule has 1 N–H and O–H groups in total. The summed E-state index contributed by atoms with van der Waals surface area (Å²) in [4.78, 5) is 2.94. The van der Waals surface area contributed by atoms with Crippen molar-refractivity contribution in [3.05, 3.63) is 33.4 Å². The van der Waals surface area contributed by atoms with E-state index in [0.29, 0.717) is 12.1 Å². The average Bonchev–Trinajstić information content (AvgIpc) is 2.87. The number of nitrogens with zero attached hydrogens (tertiary/aromatic N) is 4. The molecule has 1 aromatic heterocycles. The van der Waals surface area contributed by atoms with Crippen LogP contribution in [-0.2, 0) is 6.18 Å². The number of anilines is 1. The van der Waals surface area contributed by atoms with Crippen LogP contribution in [0.25, 0.3) is 5.69 Å². The smallest absolute Gasteiger partial charge is 0.330 e. The maximum absolute atomic E-state index is 12.9. The molecule has 14 heteroatoms. The summed E-state index contributed by atoms with van der Waals surface area (Å²) in [5.41, 5.74) is -6.91. The molecule has 0 saturated heterocycles. The van der Waals surface area contributed by atoms with Crippen molar-refractivity contribution in [1.29, 1.82) is 5.26 Å². The highest BCUT2D eigenvalue weighted by molar-refractivity contribution is 8.00. The van der Waals surface area contributed by atoms with Gasteiger partial charge in [0.25, 0.3) is 0 Å². The molecule has 2 rings (SSSR count). The average molecular weight is 462 g/mol. The third-order valence-corrected chi connectivity index (χ3v) is 4.45. The number of alkyl halides is 6. The standard InChI is InChI=1S/C14H7Cl2F6N5S/c1-24-5-25-12-11(28-14(20,21)22)9(4-23)26-27(12)10-7(15)2-6(3-8(10)16)13(17,18)19/h2-3,5H,1H3,(H,24,25). The van der Waals surface area contributed by atoms with E-state index in [9.17, 15) is 26.3 Å². The first kappa shape index (κ1) is 22.2. The van der Waals surface area contributed by atoms with Crippen LogP contribution in [-0.4, -0.2) is 28.7 Å². The van der Waals surface area contributed by atoms with Crippen molar-refractivity contribution in [3.8, 4) is 11.8 Å². The second-order valence-electron chi connectivity index (χ2n) is 4.92. The lowest BCUT2D eigenvalue weighted by atomic mass is 10.2. The maximum Gasteiger partial charge on any atom is 0.446 e. The van der Waals surface area contributed by atoms with E-state index in [1.54, 1.807) is 0 Å². The minimum atomic E-state index is -4.77. The largest absolute Gasteiger partial charge is 0.446 e. The number of nitrogens with one attached hydrogen (secondary N) is 1. The number of rotatable bonds is 4. The summed E-state index contributed by atoms with van der Waals surface area (Å²) in [7, 11) is 1.31. The Labute approximate surface area is 167 Å². The summed E-state index contributed by atoms with van der Waals surface area (Å²) in [5, 5.41) is 14.2. The summed E-state index contributed by atoms with van der Waals surface area (Å²) in [6.07, 6.45) is -3.75. The lowest BCUT2D eigenvalue weighted by Crippen LogP contribution is -2.10. The lowest BCUT2D eigenvalue weighted by molar-refractivity contribution is -0.137. The number of benzene rings is 1. The molecular formula is C14H7Cl2F6N5S. The highest BCUT2D eigenvalue weighted by Gasteiger charge is 2.36. The summed E-state index contributed by atoms with van der Waals surface area (Å²) < 4.78 is 78.1. The Hall–Kier alpha value is -2.10. The normalized spacial score (nSPS) is 12.4. The summed E-state index contributed by atoms with van der Waals surface area (Å²) in [6, 6.07) is 2.59. The summed E-state index contributed by atoms with van der Waals surface area (Å²) >= 11 is 11.2. The number of aliphatic imine (C=N–C) groups is 1. The number of hydrogen-bond donors (Lipinski definition) is 1. The van der Waals surface area contributed by atoms with Gasteiger partial charge in [0.2, 0.25) is 0 Å². The van der Waals surface area contributed by atoms with Gasteiger partial charge in [0.1, 0.15) is 11.8 Å². The molecule has 0 spiro atoms. The van der Waals surface area contributed by atoms with Crippen molar-refractivity contribution in [3.63, 3.8) is 0 Å². The van der Waals surface area contributed by atoms with Gasteiger partial charge in [0.15, 0.2) is 11.5 Å². The number of thioether (sulfide) groups is 1. The van der Waals surface area contributed by atoms with Crippen LogP contribution < -0.4 is 5.32 Å². The van der Waals surface area contributed by atoms with Gasteiger partial charge in [-0.1, -0.05) is 23.2 Å². The van der Waals surface area contributed by atoms with Crippen molar-refractivity contribution in [2.45, 2.75) is 16.6 Å². The minimum Gasteiger partial charge on any atom is -0.330 e.